The van der Waals surface area contributed by atoms with Crippen LogP contribution in [0.4, 0.5) is 0 Å². The van der Waals surface area contributed by atoms with Crippen molar-refractivity contribution in [2.24, 2.45) is 27.1 Å². The number of ether oxygens (including phenoxy) is 10. The summed E-state index contributed by atoms with van der Waals surface area (Å²) in [5, 5.41) is 57.6. The van der Waals surface area contributed by atoms with E-state index in [9.17, 15) is 30.3 Å². The van der Waals surface area contributed by atoms with Gasteiger partial charge in [0.15, 0.2) is 0 Å². The van der Waals surface area contributed by atoms with Crippen molar-refractivity contribution < 1.29 is 96.9 Å². The number of benzene rings is 10. The summed E-state index contributed by atoms with van der Waals surface area (Å²) in [5.41, 5.74) is -1.67. The van der Waals surface area contributed by atoms with Gasteiger partial charge < -0.3 is 72.9 Å². The number of esters is 5. The van der Waals surface area contributed by atoms with E-state index in [1.807, 2.05) is 152 Å². The molecule has 10 aromatic rings. The standard InChI is InChI=1S/C97H96O20S5/c1-8-94(4,89(104)114-45-40-109-59-30-35-79-69(50-59)84(99)64-20-10-15-25-74(64)119-79)55-96(6,91(106)116-47-42-111-61-32-37-81-71(52-61)86(101)66-22-12-17-27-76(66)121-81)57-97(7,92(107)117-48-43-112-62-33-38-82-72(53-62)87(102)67-23-13-18-28-77(67)122-82)56-95(5,90(105)115-46-41-110-60-31-36-80-70(51-60)85(100)65-21-11-16-26-75(65)120-80)54-93(2,3)88(103)113-44-39-108-58-29-34-78-68(49-58)83(98)63-19-9-14-24-73(63)118-78/h9-38,49-53,83-87,98-102H,8,39-48,54-57H2,1-7H3. The Morgan fingerprint density at radius 3 is 0.689 bits per heavy atom. The minimum Gasteiger partial charge on any atom is -0.490 e. The zero-order chi connectivity index (χ0) is 85.7. The highest BCUT2D eigenvalue weighted by atomic mass is 32.2. The molecule has 0 aliphatic carbocycles. The van der Waals surface area contributed by atoms with Crippen LogP contribution in [-0.4, -0.2) is 121 Å². The van der Waals surface area contributed by atoms with E-state index in [1.54, 1.807) is 133 Å². The van der Waals surface area contributed by atoms with Gasteiger partial charge in [-0.05, 0) is 223 Å². The maximum absolute atomic E-state index is 16.1. The second-order valence-corrected chi connectivity index (χ2v) is 38.2. The minimum absolute atomic E-state index is 0.0871. The predicted octanol–water partition coefficient (Wildman–Crippen LogP) is 18.9. The Bertz CT molecular complexity index is 5580. The maximum atomic E-state index is 16.1. The lowest BCUT2D eigenvalue weighted by molar-refractivity contribution is -0.175. The fourth-order valence-corrected chi connectivity index (χ4v) is 22.5. The van der Waals surface area contributed by atoms with E-state index in [4.69, 9.17) is 47.4 Å². The first-order valence-electron chi connectivity index (χ1n) is 40.6. The average molecular weight is 1740 g/mol. The molecule has 0 radical (unpaired) electrons. The lowest BCUT2D eigenvalue weighted by atomic mass is 9.59. The molecule has 634 valence electrons. The van der Waals surface area contributed by atoms with Gasteiger partial charge in [0.25, 0.3) is 0 Å². The molecular weight excluding hydrogens is 1650 g/mol. The molecule has 0 spiro atoms. The molecule has 15 rings (SSSR count). The number of carbonyl (C=O) groups excluding carboxylic acids is 5. The third-order valence-electron chi connectivity index (χ3n) is 23.0. The van der Waals surface area contributed by atoms with Crippen LogP contribution in [0.25, 0.3) is 0 Å². The van der Waals surface area contributed by atoms with Crippen LogP contribution in [0.1, 0.15) is 167 Å². The van der Waals surface area contributed by atoms with Crippen molar-refractivity contribution in [2.45, 2.75) is 160 Å². The Labute approximate surface area is 730 Å². The SMILES string of the molecule is CCC(C)(CC(C)(CC(C)(CC(C)(CC(C)(C)C(=O)OCCOc1ccc2c(c1)C(O)c1ccccc1S2)C(=O)OCCOc1ccc2c(c1)C(O)c1ccccc1S2)C(=O)OCCOc1ccc2c(c1)C(O)c1ccccc1S2)C(=O)OCCOc1ccc2c(c1)C(O)c1ccccc1S2)C(=O)OCCOc1ccc2c(c1)C(O)c1ccccc1S2. The number of fused-ring (bicyclic) bond motifs is 10. The third-order valence-corrected chi connectivity index (χ3v) is 28.9. The smallest absolute Gasteiger partial charge is 0.311 e. The van der Waals surface area contributed by atoms with Crippen LogP contribution in [0.2, 0.25) is 0 Å². The van der Waals surface area contributed by atoms with Gasteiger partial charge in [0.2, 0.25) is 0 Å². The van der Waals surface area contributed by atoms with Crippen LogP contribution in [0, 0.1) is 27.1 Å². The summed E-state index contributed by atoms with van der Waals surface area (Å²) < 4.78 is 62.1. The highest BCUT2D eigenvalue weighted by Crippen LogP contribution is 2.55. The lowest BCUT2D eigenvalue weighted by Gasteiger charge is -2.44. The van der Waals surface area contributed by atoms with Gasteiger partial charge in [-0.15, -0.1) is 0 Å². The quantitative estimate of drug-likeness (QED) is 0.0142. The number of aliphatic hydroxyl groups excluding tert-OH is 5. The molecule has 0 bridgehead atoms. The highest BCUT2D eigenvalue weighted by Gasteiger charge is 2.56. The van der Waals surface area contributed by atoms with Crippen molar-refractivity contribution in [3.63, 3.8) is 0 Å². The third kappa shape index (κ3) is 19.1. The Balaban J connectivity index is 0.713. The topological polar surface area (TPSA) is 279 Å². The summed E-state index contributed by atoms with van der Waals surface area (Å²) in [5.74, 6) is -1.97. The van der Waals surface area contributed by atoms with E-state index >= 15 is 19.2 Å². The van der Waals surface area contributed by atoms with Gasteiger partial charge in [-0.1, -0.05) is 157 Å². The zero-order valence-corrected chi connectivity index (χ0v) is 72.7. The van der Waals surface area contributed by atoms with Crippen molar-refractivity contribution in [1.29, 1.82) is 0 Å². The van der Waals surface area contributed by atoms with E-state index < -0.39 is 100 Å². The molecule has 25 heteroatoms. The number of hydrogen-bond donors (Lipinski definition) is 5. The molecular formula is C97H96O20S5. The Morgan fingerprint density at radius 1 is 0.254 bits per heavy atom. The van der Waals surface area contributed by atoms with Gasteiger partial charge >= 0.3 is 29.8 Å². The molecule has 0 aromatic heterocycles. The van der Waals surface area contributed by atoms with Crippen molar-refractivity contribution >= 4 is 88.7 Å². The van der Waals surface area contributed by atoms with E-state index in [-0.39, 0.29) is 85.3 Å². The van der Waals surface area contributed by atoms with Crippen LogP contribution in [-0.2, 0) is 47.7 Å². The molecule has 9 atom stereocenters. The number of aliphatic hydroxyl groups is 5. The molecule has 0 fully saturated rings. The summed E-state index contributed by atoms with van der Waals surface area (Å²) in [6.45, 7) is 9.22. The molecule has 9 unspecified atom stereocenters. The average Bonchev–Trinajstić information content (AvgIpc) is 0.771. The van der Waals surface area contributed by atoms with E-state index in [0.717, 1.165) is 76.8 Å². The van der Waals surface area contributed by atoms with Crippen LogP contribution in [0.5, 0.6) is 28.7 Å². The molecule has 0 saturated carbocycles. The van der Waals surface area contributed by atoms with E-state index in [0.29, 0.717) is 56.6 Å². The van der Waals surface area contributed by atoms with Crippen LogP contribution in [0.3, 0.4) is 0 Å². The Hall–Kier alpha value is -9.90. The van der Waals surface area contributed by atoms with E-state index in [2.05, 4.69) is 0 Å². The molecule has 20 nitrogen and oxygen atoms in total. The maximum Gasteiger partial charge on any atom is 0.311 e. The van der Waals surface area contributed by atoms with Crippen LogP contribution >= 0.6 is 58.8 Å². The second kappa shape index (κ2) is 37.3. The molecule has 5 heterocycles. The van der Waals surface area contributed by atoms with Gasteiger partial charge in [0.1, 0.15) is 125 Å². The second-order valence-electron chi connectivity index (χ2n) is 32.8. The monoisotopic (exact) mass is 1740 g/mol. The summed E-state index contributed by atoms with van der Waals surface area (Å²) >= 11 is 7.66. The molecule has 10 aromatic carbocycles. The minimum atomic E-state index is -1.96. The van der Waals surface area contributed by atoms with Gasteiger partial charge in [0, 0.05) is 76.8 Å². The van der Waals surface area contributed by atoms with Gasteiger partial charge in [-0.3, -0.25) is 24.0 Å². The zero-order valence-electron chi connectivity index (χ0n) is 68.6. The normalized spacial score (nSPS) is 18.2. The Morgan fingerprint density at radius 2 is 0.451 bits per heavy atom. The summed E-state index contributed by atoms with van der Waals surface area (Å²) in [6.07, 6.45) is -6.04. The Kier molecular flexibility index (Phi) is 26.6. The van der Waals surface area contributed by atoms with Crippen LogP contribution < -0.4 is 23.7 Å². The molecule has 5 N–H and O–H groups in total. The number of carbonyl (C=O) groups is 5. The predicted molar refractivity (Wildman–Crippen MR) is 463 cm³/mol. The first-order chi connectivity index (χ1) is 58.7. The first kappa shape index (κ1) is 87.0. The van der Waals surface area contributed by atoms with Gasteiger partial charge in [0.05, 0.1) is 27.1 Å². The van der Waals surface area contributed by atoms with Crippen molar-refractivity contribution in [2.75, 3.05) is 66.1 Å². The summed E-state index contributed by atoms with van der Waals surface area (Å²) in [6, 6.07) is 65.0. The molecule has 0 saturated heterocycles. The van der Waals surface area contributed by atoms with Crippen molar-refractivity contribution in [1.82, 2.24) is 0 Å². The largest absolute Gasteiger partial charge is 0.490 e. The molecule has 0 amide bonds. The molecule has 5 aliphatic heterocycles. The first-order valence-corrected chi connectivity index (χ1v) is 44.7. The number of rotatable bonds is 34. The molecule has 122 heavy (non-hydrogen) atoms. The van der Waals surface area contributed by atoms with Crippen molar-refractivity contribution in [3.8, 4) is 28.7 Å². The van der Waals surface area contributed by atoms with Crippen molar-refractivity contribution in [3.05, 3.63) is 268 Å². The summed E-state index contributed by atoms with van der Waals surface area (Å²) in [4.78, 5) is 86.7. The fraction of sp³-hybridized carbons (Fsp3) is 0.330. The molecule has 5 aliphatic rings. The lowest BCUT2D eigenvalue weighted by Crippen LogP contribution is -2.49. The van der Waals surface area contributed by atoms with Gasteiger partial charge in [-0.25, -0.2) is 0 Å². The highest BCUT2D eigenvalue weighted by molar-refractivity contribution is 8.00. The van der Waals surface area contributed by atoms with E-state index in [1.165, 1.54) is 35.3 Å². The summed E-state index contributed by atoms with van der Waals surface area (Å²) in [7, 11) is 0. The number of hydrogen-bond acceptors (Lipinski definition) is 25. The fourth-order valence-electron chi connectivity index (χ4n) is 17.0. The van der Waals surface area contributed by atoms with Gasteiger partial charge in [-0.2, -0.15) is 0 Å². The van der Waals surface area contributed by atoms with Crippen LogP contribution in [0.15, 0.2) is 261 Å².